The van der Waals surface area contributed by atoms with Crippen LogP contribution in [-0.4, -0.2) is 57.1 Å². The van der Waals surface area contributed by atoms with Crippen LogP contribution >= 0.6 is 24.0 Å². The number of aromatic nitrogens is 4. The Morgan fingerprint density at radius 1 is 1.48 bits per heavy atom. The van der Waals surface area contributed by atoms with Crippen molar-refractivity contribution in [1.29, 1.82) is 0 Å². The van der Waals surface area contributed by atoms with E-state index in [1.54, 1.807) is 4.68 Å². The van der Waals surface area contributed by atoms with Crippen molar-refractivity contribution in [1.82, 2.24) is 30.2 Å². The highest BCUT2D eigenvalue weighted by Gasteiger charge is 2.25. The molecule has 138 valence electrons. The van der Waals surface area contributed by atoms with Gasteiger partial charge < -0.3 is 15.0 Å². The molecule has 0 aromatic carbocycles. The largest absolute Gasteiger partial charge is 0.370 e. The first kappa shape index (κ1) is 19.7. The van der Waals surface area contributed by atoms with Gasteiger partial charge in [-0.25, -0.2) is 4.99 Å². The molecule has 0 aliphatic carbocycles. The van der Waals surface area contributed by atoms with Gasteiger partial charge in [0.15, 0.2) is 5.96 Å². The molecule has 2 aromatic heterocycles. The van der Waals surface area contributed by atoms with Gasteiger partial charge in [-0.2, -0.15) is 10.2 Å². The van der Waals surface area contributed by atoms with Crippen LogP contribution < -0.4 is 5.32 Å². The number of nitrogens with zero attached hydrogens (tertiary/aromatic N) is 5. The molecule has 0 spiro atoms. The number of aromatic amines is 1. The van der Waals surface area contributed by atoms with Crippen molar-refractivity contribution in [2.45, 2.75) is 26.5 Å². The van der Waals surface area contributed by atoms with Crippen molar-refractivity contribution in [3.05, 3.63) is 35.4 Å². The topological polar surface area (TPSA) is 83.4 Å². The van der Waals surface area contributed by atoms with Crippen LogP contribution in [0.4, 0.5) is 0 Å². The van der Waals surface area contributed by atoms with Crippen LogP contribution in [0, 0.1) is 6.92 Å². The fourth-order valence-corrected chi connectivity index (χ4v) is 2.77. The Balaban J connectivity index is 0.00000225. The molecule has 1 aliphatic rings. The molecule has 1 unspecified atom stereocenters. The molecule has 25 heavy (non-hydrogen) atoms. The number of hydrogen-bond acceptors (Lipinski definition) is 4. The van der Waals surface area contributed by atoms with Gasteiger partial charge >= 0.3 is 0 Å². The van der Waals surface area contributed by atoms with Gasteiger partial charge in [0.2, 0.25) is 0 Å². The van der Waals surface area contributed by atoms with Gasteiger partial charge in [-0.15, -0.1) is 24.0 Å². The molecule has 2 N–H and O–H groups in total. The summed E-state index contributed by atoms with van der Waals surface area (Å²) in [6.07, 6.45) is 5.73. The third kappa shape index (κ3) is 4.94. The van der Waals surface area contributed by atoms with E-state index >= 15 is 0 Å². The smallest absolute Gasteiger partial charge is 0.194 e. The van der Waals surface area contributed by atoms with E-state index in [1.807, 2.05) is 32.6 Å². The van der Waals surface area contributed by atoms with Crippen LogP contribution in [0.3, 0.4) is 0 Å². The number of hydrogen-bond donors (Lipinski definition) is 2. The number of aliphatic imine (C=N–C) groups is 1. The van der Waals surface area contributed by atoms with Crippen LogP contribution in [0.25, 0.3) is 0 Å². The Morgan fingerprint density at radius 3 is 2.96 bits per heavy atom. The van der Waals surface area contributed by atoms with Crippen LogP contribution in [0.1, 0.15) is 29.8 Å². The highest BCUT2D eigenvalue weighted by Crippen LogP contribution is 2.21. The summed E-state index contributed by atoms with van der Waals surface area (Å²) in [5.41, 5.74) is 3.27. The third-order valence-corrected chi connectivity index (χ3v) is 4.13. The first-order valence-electron chi connectivity index (χ1n) is 8.29. The molecule has 0 saturated carbocycles. The summed E-state index contributed by atoms with van der Waals surface area (Å²) in [5.74, 6) is 0.912. The van der Waals surface area contributed by atoms with E-state index in [2.05, 4.69) is 32.4 Å². The number of morpholine rings is 1. The Labute approximate surface area is 165 Å². The van der Waals surface area contributed by atoms with Crippen LogP contribution in [0.5, 0.6) is 0 Å². The van der Waals surface area contributed by atoms with Crippen molar-refractivity contribution in [3.63, 3.8) is 0 Å². The number of ether oxygens (including phenoxy) is 1. The lowest BCUT2D eigenvalue weighted by atomic mass is 10.1. The molecule has 1 fully saturated rings. The zero-order chi connectivity index (χ0) is 16.9. The third-order valence-electron chi connectivity index (χ3n) is 4.13. The van der Waals surface area contributed by atoms with Crippen LogP contribution in [0.2, 0.25) is 0 Å². The quantitative estimate of drug-likeness (QED) is 0.413. The lowest BCUT2D eigenvalue weighted by molar-refractivity contribution is -0.00805. The summed E-state index contributed by atoms with van der Waals surface area (Å²) in [6.45, 7) is 7.80. The van der Waals surface area contributed by atoms with E-state index in [4.69, 9.17) is 9.73 Å². The minimum Gasteiger partial charge on any atom is -0.370 e. The number of guanidine groups is 1. The molecule has 1 aliphatic heterocycles. The highest BCUT2D eigenvalue weighted by molar-refractivity contribution is 14.0. The van der Waals surface area contributed by atoms with E-state index in [-0.39, 0.29) is 30.1 Å². The molecule has 9 heteroatoms. The van der Waals surface area contributed by atoms with Crippen molar-refractivity contribution in [3.8, 4) is 0 Å². The van der Waals surface area contributed by atoms with E-state index in [0.717, 1.165) is 42.4 Å². The zero-order valence-electron chi connectivity index (χ0n) is 14.9. The summed E-state index contributed by atoms with van der Waals surface area (Å²) in [6, 6.07) is 0. The number of H-pyrrole nitrogens is 1. The summed E-state index contributed by atoms with van der Waals surface area (Å²) < 4.78 is 7.72. The molecular weight excluding hydrogens is 433 g/mol. The second-order valence-electron chi connectivity index (χ2n) is 5.94. The standard InChI is InChI=1S/C16H25N7O.HI/c1-4-17-16(18-7-13-8-19-21-12(13)2)23-5-6-24-15(11-23)14-9-20-22(3)10-14;/h8-10,15H,4-7,11H2,1-3H3,(H,17,18)(H,19,21);1H. The molecule has 8 nitrogen and oxygen atoms in total. The lowest BCUT2D eigenvalue weighted by Gasteiger charge is -2.34. The summed E-state index contributed by atoms with van der Waals surface area (Å²) in [4.78, 5) is 7.02. The lowest BCUT2D eigenvalue weighted by Crippen LogP contribution is -2.48. The molecular formula is C16H26IN7O. The number of aryl methyl sites for hydroxylation is 2. The molecule has 1 atom stereocenters. The fourth-order valence-electron chi connectivity index (χ4n) is 2.77. The van der Waals surface area contributed by atoms with Crippen molar-refractivity contribution < 1.29 is 4.74 Å². The second kappa shape index (κ2) is 9.18. The van der Waals surface area contributed by atoms with Gasteiger partial charge in [-0.3, -0.25) is 9.78 Å². The maximum absolute atomic E-state index is 5.91. The molecule has 3 rings (SSSR count). The number of nitrogens with one attached hydrogen (secondary N) is 2. The molecule has 1 saturated heterocycles. The van der Waals surface area contributed by atoms with Gasteiger partial charge in [0.1, 0.15) is 6.10 Å². The van der Waals surface area contributed by atoms with Crippen molar-refractivity contribution in [2.24, 2.45) is 12.0 Å². The second-order valence-corrected chi connectivity index (χ2v) is 5.94. The van der Waals surface area contributed by atoms with Crippen LogP contribution in [0.15, 0.2) is 23.6 Å². The number of halogens is 1. The highest BCUT2D eigenvalue weighted by atomic mass is 127. The van der Waals surface area contributed by atoms with E-state index in [1.165, 1.54) is 0 Å². The number of rotatable bonds is 4. The monoisotopic (exact) mass is 459 g/mol. The predicted molar refractivity (Wildman–Crippen MR) is 107 cm³/mol. The average molecular weight is 459 g/mol. The van der Waals surface area contributed by atoms with E-state index < -0.39 is 0 Å². The maximum Gasteiger partial charge on any atom is 0.194 e. The average Bonchev–Trinajstić information content (AvgIpc) is 3.20. The van der Waals surface area contributed by atoms with Gasteiger partial charge in [0, 0.05) is 43.2 Å². The molecule has 3 heterocycles. The molecule has 0 amide bonds. The Morgan fingerprint density at radius 2 is 2.32 bits per heavy atom. The normalized spacial score (nSPS) is 18.1. The Bertz CT molecular complexity index is 696. The van der Waals surface area contributed by atoms with E-state index in [0.29, 0.717) is 13.2 Å². The minimum absolute atomic E-state index is 0. The summed E-state index contributed by atoms with van der Waals surface area (Å²) >= 11 is 0. The molecule has 0 bridgehead atoms. The van der Waals surface area contributed by atoms with Gasteiger partial charge in [-0.1, -0.05) is 0 Å². The first-order chi connectivity index (χ1) is 11.7. The minimum atomic E-state index is 0. The fraction of sp³-hybridized carbons (Fsp3) is 0.562. The molecule has 0 radical (unpaired) electrons. The Hall–Kier alpha value is -1.62. The van der Waals surface area contributed by atoms with Gasteiger partial charge in [0.25, 0.3) is 0 Å². The Kier molecular flexibility index (Phi) is 7.24. The summed E-state index contributed by atoms with van der Waals surface area (Å²) in [7, 11) is 1.92. The van der Waals surface area contributed by atoms with E-state index in [9.17, 15) is 0 Å². The maximum atomic E-state index is 5.91. The first-order valence-corrected chi connectivity index (χ1v) is 8.29. The summed E-state index contributed by atoms with van der Waals surface area (Å²) in [5, 5.41) is 14.6. The van der Waals surface area contributed by atoms with Crippen molar-refractivity contribution >= 4 is 29.9 Å². The van der Waals surface area contributed by atoms with Crippen molar-refractivity contribution in [2.75, 3.05) is 26.2 Å². The SMILES string of the molecule is CCNC(=NCc1cn[nH]c1C)N1CCOC(c2cnn(C)c2)C1.I. The van der Waals surface area contributed by atoms with Gasteiger partial charge in [-0.05, 0) is 13.8 Å². The zero-order valence-corrected chi connectivity index (χ0v) is 17.2. The molecule has 2 aromatic rings. The van der Waals surface area contributed by atoms with Crippen LogP contribution in [-0.2, 0) is 18.3 Å². The van der Waals surface area contributed by atoms with Gasteiger partial charge in [0.05, 0.1) is 32.1 Å². The predicted octanol–water partition coefficient (Wildman–Crippen LogP) is 1.61.